The van der Waals surface area contributed by atoms with Gasteiger partial charge in [-0.1, -0.05) is 60.2 Å². The van der Waals surface area contributed by atoms with Crippen LogP contribution in [-0.2, 0) is 26.6 Å². The van der Waals surface area contributed by atoms with Crippen molar-refractivity contribution in [3.63, 3.8) is 0 Å². The fourth-order valence-electron chi connectivity index (χ4n) is 4.96. The third-order valence-electron chi connectivity index (χ3n) is 7.40. The van der Waals surface area contributed by atoms with Crippen molar-refractivity contribution in [1.82, 2.24) is 9.21 Å². The highest BCUT2D eigenvalue weighted by molar-refractivity contribution is 7.92. The maximum Gasteiger partial charge on any atom is 0.264 e. The Morgan fingerprint density at radius 2 is 1.33 bits per heavy atom. The van der Waals surface area contributed by atoms with Crippen LogP contribution in [0.2, 0.25) is 0 Å². The van der Waals surface area contributed by atoms with Crippen molar-refractivity contribution in [3.8, 4) is 5.75 Å². The summed E-state index contributed by atoms with van der Waals surface area (Å²) in [5.74, 6) is 0.152. The van der Waals surface area contributed by atoms with E-state index in [4.69, 9.17) is 4.74 Å². The summed E-state index contributed by atoms with van der Waals surface area (Å²) < 4.78 is 62.4. The minimum absolute atomic E-state index is 0.00205. The maximum absolute atomic E-state index is 14.1. The molecule has 0 atom stereocenters. The number of rotatable bonds is 9. The molecule has 0 bridgehead atoms. The molecule has 0 aromatic heterocycles. The number of anilines is 1. The summed E-state index contributed by atoms with van der Waals surface area (Å²) >= 11 is 0. The average Bonchev–Trinajstić information content (AvgIpc) is 3.04. The first kappa shape index (κ1) is 30.3. The number of amides is 1. The van der Waals surface area contributed by atoms with Crippen LogP contribution in [0.5, 0.6) is 5.75 Å². The van der Waals surface area contributed by atoms with E-state index in [2.05, 4.69) is 0 Å². The number of hydrogen-bond donors (Lipinski definition) is 0. The minimum atomic E-state index is -4.11. The van der Waals surface area contributed by atoms with Crippen molar-refractivity contribution in [1.29, 1.82) is 0 Å². The highest BCUT2D eigenvalue weighted by atomic mass is 32.2. The van der Waals surface area contributed by atoms with E-state index in [1.54, 1.807) is 65.6 Å². The van der Waals surface area contributed by atoms with Gasteiger partial charge in [-0.05, 0) is 61.0 Å². The summed E-state index contributed by atoms with van der Waals surface area (Å²) in [5.41, 5.74) is 2.16. The van der Waals surface area contributed by atoms with Crippen LogP contribution in [0.1, 0.15) is 21.5 Å². The van der Waals surface area contributed by atoms with Crippen LogP contribution in [0.3, 0.4) is 0 Å². The predicted molar refractivity (Wildman–Crippen MR) is 165 cm³/mol. The molecule has 9 nitrogen and oxygen atoms in total. The Kier molecular flexibility index (Phi) is 8.86. The number of piperazine rings is 1. The number of carbonyl (C=O) groups is 1. The second-order valence-corrected chi connectivity index (χ2v) is 14.0. The fraction of sp³-hybridized carbons (Fsp3) is 0.219. The summed E-state index contributed by atoms with van der Waals surface area (Å²) in [5, 5.41) is 0. The molecule has 4 aromatic carbocycles. The van der Waals surface area contributed by atoms with Gasteiger partial charge in [0.25, 0.3) is 15.9 Å². The van der Waals surface area contributed by atoms with Crippen LogP contribution >= 0.6 is 0 Å². The molecule has 0 aliphatic carbocycles. The minimum Gasteiger partial charge on any atom is -0.497 e. The summed E-state index contributed by atoms with van der Waals surface area (Å²) in [7, 11) is -6.31. The Hall–Kier alpha value is -4.19. The topological polar surface area (TPSA) is 104 Å². The second-order valence-electron chi connectivity index (χ2n) is 10.2. The lowest BCUT2D eigenvalue weighted by atomic mass is 10.1. The molecule has 1 aliphatic rings. The highest BCUT2D eigenvalue weighted by Gasteiger charge is 2.33. The van der Waals surface area contributed by atoms with Crippen LogP contribution in [0.15, 0.2) is 113 Å². The summed E-state index contributed by atoms with van der Waals surface area (Å²) in [4.78, 5) is 15.7. The third kappa shape index (κ3) is 6.43. The smallest absolute Gasteiger partial charge is 0.264 e. The third-order valence-corrected chi connectivity index (χ3v) is 11.1. The van der Waals surface area contributed by atoms with Crippen molar-refractivity contribution in [3.05, 3.63) is 120 Å². The number of ether oxygens (including phenoxy) is 1. The fourth-order valence-corrected chi connectivity index (χ4v) is 7.85. The summed E-state index contributed by atoms with van der Waals surface area (Å²) in [6, 6.07) is 28.6. The van der Waals surface area contributed by atoms with E-state index in [0.29, 0.717) is 5.75 Å². The van der Waals surface area contributed by atoms with Crippen LogP contribution in [0.25, 0.3) is 0 Å². The number of carbonyl (C=O) groups excluding carboxylic acids is 1. The van der Waals surface area contributed by atoms with Crippen molar-refractivity contribution < 1.29 is 26.4 Å². The van der Waals surface area contributed by atoms with Gasteiger partial charge < -0.3 is 9.64 Å². The highest BCUT2D eigenvalue weighted by Crippen LogP contribution is 2.31. The van der Waals surface area contributed by atoms with Crippen molar-refractivity contribution in [2.45, 2.75) is 23.3 Å². The van der Waals surface area contributed by atoms with Gasteiger partial charge in [-0.3, -0.25) is 9.10 Å². The molecule has 0 N–H and O–H groups in total. The zero-order chi connectivity index (χ0) is 30.6. The molecule has 1 amide bonds. The summed E-state index contributed by atoms with van der Waals surface area (Å²) in [6.07, 6.45) is 0. The Morgan fingerprint density at radius 1 is 0.744 bits per heavy atom. The van der Waals surface area contributed by atoms with Crippen LogP contribution < -0.4 is 9.04 Å². The molecule has 1 fully saturated rings. The number of benzene rings is 4. The van der Waals surface area contributed by atoms with E-state index in [1.807, 2.05) is 37.3 Å². The lowest BCUT2D eigenvalue weighted by molar-refractivity contribution is 0.0698. The number of nitrogens with zero attached hydrogens (tertiary/aromatic N) is 3. The van der Waals surface area contributed by atoms with Gasteiger partial charge in [0.15, 0.2) is 0 Å². The molecule has 11 heteroatoms. The first-order valence-electron chi connectivity index (χ1n) is 13.8. The van der Waals surface area contributed by atoms with E-state index in [0.717, 1.165) is 11.1 Å². The molecule has 0 saturated carbocycles. The summed E-state index contributed by atoms with van der Waals surface area (Å²) in [6.45, 7) is 2.48. The molecule has 224 valence electrons. The molecular formula is C32H33N3O6S2. The Morgan fingerprint density at radius 3 is 1.95 bits per heavy atom. The SMILES string of the molecule is COc1ccc(S(=O)(=O)N(Cc2ccccc2)c2ccccc2C(=O)N2CCN(S(=O)(=O)c3ccc(C)cc3)CC2)cc1. The van der Waals surface area contributed by atoms with Crippen molar-refractivity contribution >= 4 is 31.6 Å². The van der Waals surface area contributed by atoms with Gasteiger partial charge in [-0.25, -0.2) is 16.8 Å². The van der Waals surface area contributed by atoms with Gasteiger partial charge >= 0.3 is 0 Å². The first-order valence-corrected chi connectivity index (χ1v) is 16.6. The van der Waals surface area contributed by atoms with Crippen LogP contribution in [-0.4, -0.2) is 65.2 Å². The van der Waals surface area contributed by atoms with Crippen LogP contribution in [0.4, 0.5) is 5.69 Å². The molecular weight excluding hydrogens is 587 g/mol. The van der Waals surface area contributed by atoms with E-state index in [-0.39, 0.29) is 59.7 Å². The Bertz CT molecular complexity index is 1790. The molecule has 5 rings (SSSR count). The molecule has 4 aromatic rings. The van der Waals surface area contributed by atoms with Crippen molar-refractivity contribution in [2.24, 2.45) is 0 Å². The van der Waals surface area contributed by atoms with Gasteiger partial charge in [-0.2, -0.15) is 4.31 Å². The largest absolute Gasteiger partial charge is 0.497 e. The van der Waals surface area contributed by atoms with E-state index >= 15 is 0 Å². The maximum atomic E-state index is 14.1. The number of hydrogen-bond acceptors (Lipinski definition) is 6. The molecule has 1 aliphatic heterocycles. The molecule has 43 heavy (non-hydrogen) atoms. The normalized spacial score (nSPS) is 14.3. The number of sulfonamides is 2. The van der Waals surface area contributed by atoms with Crippen LogP contribution in [0, 0.1) is 6.92 Å². The molecule has 1 heterocycles. The van der Waals surface area contributed by atoms with Gasteiger partial charge in [0, 0.05) is 26.2 Å². The lowest BCUT2D eigenvalue weighted by Gasteiger charge is -2.35. The van der Waals surface area contributed by atoms with Gasteiger partial charge in [0.1, 0.15) is 5.75 Å². The quantitative estimate of drug-likeness (QED) is 0.273. The number of para-hydroxylation sites is 1. The molecule has 0 spiro atoms. The average molecular weight is 620 g/mol. The standard InChI is InChI=1S/C32H33N3O6S2/c1-25-12-16-28(17-13-25)42(37,38)34-22-20-33(21-23-34)32(36)30-10-6-7-11-31(30)35(24-26-8-4-3-5-9-26)43(39,40)29-18-14-27(41-2)15-19-29/h3-19H,20-24H2,1-2H3. The van der Waals surface area contributed by atoms with E-state index in [9.17, 15) is 21.6 Å². The first-order chi connectivity index (χ1) is 20.6. The van der Waals surface area contributed by atoms with Crippen molar-refractivity contribution in [2.75, 3.05) is 37.6 Å². The van der Waals surface area contributed by atoms with E-state index in [1.165, 1.54) is 27.9 Å². The Balaban J connectivity index is 1.44. The van der Waals surface area contributed by atoms with E-state index < -0.39 is 20.0 Å². The Labute approximate surface area is 253 Å². The zero-order valence-electron chi connectivity index (χ0n) is 24.0. The lowest BCUT2D eigenvalue weighted by Crippen LogP contribution is -2.50. The zero-order valence-corrected chi connectivity index (χ0v) is 25.6. The second kappa shape index (κ2) is 12.6. The predicted octanol–water partition coefficient (Wildman–Crippen LogP) is 4.55. The van der Waals surface area contributed by atoms with Gasteiger partial charge in [0.05, 0.1) is 34.7 Å². The number of methoxy groups -OCH3 is 1. The molecule has 0 radical (unpaired) electrons. The monoisotopic (exact) mass is 619 g/mol. The van der Waals surface area contributed by atoms with Gasteiger partial charge in [0.2, 0.25) is 10.0 Å². The molecule has 0 unspecified atom stereocenters. The molecule has 1 saturated heterocycles. The number of aryl methyl sites for hydroxylation is 1. The van der Waals surface area contributed by atoms with Gasteiger partial charge in [-0.15, -0.1) is 0 Å².